The number of rotatable bonds is 5. The lowest BCUT2D eigenvalue weighted by atomic mass is 9.93. The number of carbonyl (C=O) groups is 1. The zero-order valence-corrected chi connectivity index (χ0v) is 17.7. The number of hydrogen-bond acceptors (Lipinski definition) is 6. The van der Waals surface area contributed by atoms with Gasteiger partial charge in [0.15, 0.2) is 0 Å². The Morgan fingerprint density at radius 3 is 2.90 bits per heavy atom. The molecule has 1 atom stereocenters. The molecule has 8 heteroatoms. The molecule has 1 aliphatic heterocycles. The molecule has 29 heavy (non-hydrogen) atoms. The van der Waals surface area contributed by atoms with Gasteiger partial charge in [0.05, 0.1) is 23.9 Å². The Balaban J connectivity index is 1.77. The summed E-state index contributed by atoms with van der Waals surface area (Å²) in [5.41, 5.74) is 9.73. The maximum absolute atomic E-state index is 11.8. The van der Waals surface area contributed by atoms with Crippen LogP contribution in [-0.4, -0.2) is 28.7 Å². The third-order valence-electron chi connectivity index (χ3n) is 4.95. The minimum absolute atomic E-state index is 0.00594. The molecule has 4 rings (SSSR count). The van der Waals surface area contributed by atoms with Crippen LogP contribution in [0.15, 0.2) is 35.4 Å². The van der Waals surface area contributed by atoms with E-state index in [1.807, 2.05) is 31.2 Å². The Labute approximate surface area is 178 Å². The van der Waals surface area contributed by atoms with Crippen LogP contribution < -0.4 is 11.1 Å². The van der Waals surface area contributed by atoms with E-state index in [1.54, 1.807) is 7.05 Å². The molecule has 2 aromatic carbocycles. The predicted molar refractivity (Wildman–Crippen MR) is 117 cm³/mol. The third kappa shape index (κ3) is 3.90. The zero-order chi connectivity index (χ0) is 20.5. The number of nitrogens with one attached hydrogen (secondary N) is 1. The van der Waals surface area contributed by atoms with Gasteiger partial charge < -0.3 is 15.8 Å². The van der Waals surface area contributed by atoms with Crippen LogP contribution in [0.3, 0.4) is 0 Å². The fourth-order valence-corrected chi connectivity index (χ4v) is 4.81. The molecule has 0 aliphatic carbocycles. The van der Waals surface area contributed by atoms with E-state index in [4.69, 9.17) is 22.1 Å². The molecule has 0 fully saturated rings. The third-order valence-corrected chi connectivity index (χ3v) is 6.42. The summed E-state index contributed by atoms with van der Waals surface area (Å²) >= 11 is 8.15. The summed E-state index contributed by atoms with van der Waals surface area (Å²) in [6, 6.07) is 9.95. The van der Waals surface area contributed by atoms with E-state index in [0.29, 0.717) is 34.7 Å². The molecule has 0 spiro atoms. The average Bonchev–Trinajstić information content (AvgIpc) is 2.71. The first-order chi connectivity index (χ1) is 14.0. The van der Waals surface area contributed by atoms with Gasteiger partial charge in [0.1, 0.15) is 5.03 Å². The van der Waals surface area contributed by atoms with Gasteiger partial charge in [-0.25, -0.2) is 9.97 Å². The molecule has 1 aliphatic rings. The van der Waals surface area contributed by atoms with Crippen LogP contribution in [-0.2, 0) is 22.7 Å². The lowest BCUT2D eigenvalue weighted by molar-refractivity contribution is -0.123. The molecule has 1 aromatic heterocycles. The van der Waals surface area contributed by atoms with E-state index in [-0.39, 0.29) is 17.8 Å². The Morgan fingerprint density at radius 1 is 1.31 bits per heavy atom. The second-order valence-corrected chi connectivity index (χ2v) is 8.45. The summed E-state index contributed by atoms with van der Waals surface area (Å²) in [7, 11) is 1.63. The molecule has 3 N–H and O–H groups in total. The highest BCUT2D eigenvalue weighted by atomic mass is 35.5. The van der Waals surface area contributed by atoms with Crippen LogP contribution in [0.25, 0.3) is 22.0 Å². The first-order valence-corrected chi connectivity index (χ1v) is 10.6. The van der Waals surface area contributed by atoms with Crippen LogP contribution in [0.2, 0.25) is 5.02 Å². The van der Waals surface area contributed by atoms with Crippen molar-refractivity contribution in [1.82, 2.24) is 15.3 Å². The van der Waals surface area contributed by atoms with Gasteiger partial charge in [-0.1, -0.05) is 36.7 Å². The maximum Gasteiger partial charge on any atom is 0.223 e. The molecule has 0 bridgehead atoms. The summed E-state index contributed by atoms with van der Waals surface area (Å²) in [6.45, 7) is 3.00. The molecule has 2 heterocycles. The maximum atomic E-state index is 11.8. The molecule has 0 saturated heterocycles. The Morgan fingerprint density at radius 2 is 2.10 bits per heavy atom. The normalized spacial score (nSPS) is 14.0. The molecule has 1 unspecified atom stereocenters. The number of carbonyl (C=O) groups excluding carboxylic acids is 1. The highest BCUT2D eigenvalue weighted by Crippen LogP contribution is 2.40. The van der Waals surface area contributed by atoms with E-state index in [1.165, 1.54) is 11.8 Å². The lowest BCUT2D eigenvalue weighted by Gasteiger charge is -2.21. The minimum atomic E-state index is -0.145. The van der Waals surface area contributed by atoms with Gasteiger partial charge in [-0.3, -0.25) is 4.79 Å². The summed E-state index contributed by atoms with van der Waals surface area (Å²) < 4.78 is 5.67. The quantitative estimate of drug-likeness (QED) is 0.471. The van der Waals surface area contributed by atoms with E-state index in [9.17, 15) is 4.79 Å². The van der Waals surface area contributed by atoms with Crippen molar-refractivity contribution in [3.05, 3.63) is 46.5 Å². The Kier molecular flexibility index (Phi) is 5.63. The molecule has 0 radical (unpaired) electrons. The zero-order valence-electron chi connectivity index (χ0n) is 16.2. The van der Waals surface area contributed by atoms with Gasteiger partial charge in [-0.15, -0.1) is 11.8 Å². The fraction of sp³-hybridized carbons (Fsp3) is 0.286. The van der Waals surface area contributed by atoms with Crippen molar-refractivity contribution in [2.24, 2.45) is 5.92 Å². The second kappa shape index (κ2) is 8.18. The second-order valence-electron chi connectivity index (χ2n) is 7.00. The molecule has 3 aromatic rings. The predicted octanol–water partition coefficient (Wildman–Crippen LogP) is 4.04. The number of anilines is 1. The van der Waals surface area contributed by atoms with Gasteiger partial charge in [0, 0.05) is 24.3 Å². The highest BCUT2D eigenvalue weighted by Gasteiger charge is 2.20. The number of halogens is 1. The summed E-state index contributed by atoms with van der Waals surface area (Å²) in [4.78, 5) is 20.5. The molecule has 150 valence electrons. The highest BCUT2D eigenvalue weighted by molar-refractivity contribution is 7.99. The monoisotopic (exact) mass is 428 g/mol. The summed E-state index contributed by atoms with van der Waals surface area (Å²) in [6.07, 6.45) is 0. The Hall–Kier alpha value is -2.35. The SMILES string of the molecule is CNC(=O)C(C)CSc1cc(-c2c(Cl)cc3c4c(cccc24)COC3)nc(N)n1. The van der Waals surface area contributed by atoms with E-state index in [2.05, 4.69) is 21.4 Å². The molecule has 6 nitrogen and oxygen atoms in total. The van der Waals surface area contributed by atoms with Gasteiger partial charge in [0.25, 0.3) is 0 Å². The number of ether oxygens (including phenoxy) is 1. The number of benzene rings is 2. The van der Waals surface area contributed by atoms with Crippen LogP contribution in [0, 0.1) is 5.92 Å². The van der Waals surface area contributed by atoms with Crippen LogP contribution in [0.5, 0.6) is 0 Å². The van der Waals surface area contributed by atoms with Gasteiger partial charge in [-0.05, 0) is 34.0 Å². The van der Waals surface area contributed by atoms with Gasteiger partial charge >= 0.3 is 0 Å². The van der Waals surface area contributed by atoms with Crippen molar-refractivity contribution >= 4 is 46.0 Å². The molecule has 0 saturated carbocycles. The number of aromatic nitrogens is 2. The number of hydrogen-bond donors (Lipinski definition) is 2. The lowest BCUT2D eigenvalue weighted by Crippen LogP contribution is -2.26. The number of amides is 1. The number of nitrogens with zero attached hydrogens (tertiary/aromatic N) is 2. The van der Waals surface area contributed by atoms with Gasteiger partial charge in [0.2, 0.25) is 11.9 Å². The first kappa shape index (κ1) is 19.9. The van der Waals surface area contributed by atoms with Crippen LogP contribution in [0.4, 0.5) is 5.95 Å². The number of nitrogens with two attached hydrogens (primary N) is 1. The Bertz CT molecular complexity index is 1110. The fourth-order valence-electron chi connectivity index (χ4n) is 3.56. The van der Waals surface area contributed by atoms with Crippen molar-refractivity contribution < 1.29 is 9.53 Å². The number of nitrogen functional groups attached to an aromatic ring is 1. The first-order valence-electron chi connectivity index (χ1n) is 9.28. The standard InChI is InChI=1S/C21H21ClN4O2S/c1-11(20(27)24-2)10-29-17-7-16(25-21(23)26-17)19-14-5-3-4-12-8-28-9-13(18(12)14)6-15(19)22/h3-7,11H,8-10H2,1-2H3,(H,24,27)(H2,23,25,26). The number of thioether (sulfide) groups is 1. The van der Waals surface area contributed by atoms with Crippen molar-refractivity contribution in [2.75, 3.05) is 18.5 Å². The van der Waals surface area contributed by atoms with Crippen LogP contribution in [0.1, 0.15) is 18.1 Å². The van der Waals surface area contributed by atoms with Crippen LogP contribution >= 0.6 is 23.4 Å². The molecular formula is C21H21ClN4O2S. The van der Waals surface area contributed by atoms with E-state index in [0.717, 1.165) is 27.5 Å². The minimum Gasteiger partial charge on any atom is -0.372 e. The molecule has 1 amide bonds. The topological polar surface area (TPSA) is 90.1 Å². The average molecular weight is 429 g/mol. The summed E-state index contributed by atoms with van der Waals surface area (Å²) in [5.74, 6) is 0.615. The smallest absolute Gasteiger partial charge is 0.223 e. The van der Waals surface area contributed by atoms with Crippen molar-refractivity contribution in [1.29, 1.82) is 0 Å². The van der Waals surface area contributed by atoms with E-state index < -0.39 is 0 Å². The molecular weight excluding hydrogens is 408 g/mol. The largest absolute Gasteiger partial charge is 0.372 e. The van der Waals surface area contributed by atoms with Crippen molar-refractivity contribution in [3.63, 3.8) is 0 Å². The van der Waals surface area contributed by atoms with Gasteiger partial charge in [-0.2, -0.15) is 0 Å². The summed E-state index contributed by atoms with van der Waals surface area (Å²) in [5, 5.41) is 6.17. The van der Waals surface area contributed by atoms with E-state index >= 15 is 0 Å². The van der Waals surface area contributed by atoms with Crippen molar-refractivity contribution in [3.8, 4) is 11.3 Å². The van der Waals surface area contributed by atoms with Crippen molar-refractivity contribution in [2.45, 2.75) is 25.2 Å².